The van der Waals surface area contributed by atoms with Crippen molar-refractivity contribution in [2.75, 3.05) is 45.7 Å². The number of urea groups is 1. The third-order valence-electron chi connectivity index (χ3n) is 5.26. The molecule has 0 bridgehead atoms. The summed E-state index contributed by atoms with van der Waals surface area (Å²) < 4.78 is 42.8. The zero-order valence-electron chi connectivity index (χ0n) is 18.2. The molecule has 0 aliphatic carbocycles. The van der Waals surface area contributed by atoms with Crippen LogP contribution in [-0.4, -0.2) is 66.4 Å². The van der Waals surface area contributed by atoms with Crippen LogP contribution in [0, 0.1) is 11.6 Å². The Bertz CT molecular complexity index is 1110. The molecule has 0 saturated carbocycles. The highest BCUT2D eigenvalue weighted by atomic mass is 19.1. The van der Waals surface area contributed by atoms with Gasteiger partial charge in [-0.3, -0.25) is 4.90 Å². The lowest BCUT2D eigenvalue weighted by Crippen LogP contribution is -2.49. The zero-order valence-corrected chi connectivity index (χ0v) is 18.2. The summed E-state index contributed by atoms with van der Waals surface area (Å²) in [5, 5.41) is 6.53. The summed E-state index contributed by atoms with van der Waals surface area (Å²) in [6.45, 7) is 2.48. The molecule has 2 aromatic carbocycles. The molecule has 1 fully saturated rings. The molecule has 4 rings (SSSR count). The van der Waals surface area contributed by atoms with Gasteiger partial charge >= 0.3 is 6.03 Å². The third kappa shape index (κ3) is 5.37. The molecule has 1 saturated heterocycles. The van der Waals surface area contributed by atoms with E-state index in [1.54, 1.807) is 37.3 Å². The second kappa shape index (κ2) is 9.82. The van der Waals surface area contributed by atoms with Gasteiger partial charge in [-0.25, -0.2) is 13.6 Å². The van der Waals surface area contributed by atoms with E-state index < -0.39 is 17.7 Å². The Kier molecular flexibility index (Phi) is 6.68. The smallest absolute Gasteiger partial charge is 0.322 e. The number of methoxy groups -OCH3 is 2. The first-order valence-electron chi connectivity index (χ1n) is 10.2. The fraction of sp³-hybridized carbons (Fsp3) is 0.318. The summed E-state index contributed by atoms with van der Waals surface area (Å²) in [7, 11) is 3.13. The van der Waals surface area contributed by atoms with Crippen molar-refractivity contribution < 1.29 is 27.6 Å². The number of carbonyl (C=O) groups is 1. The lowest BCUT2D eigenvalue weighted by molar-refractivity contribution is 0.140. The highest BCUT2D eigenvalue weighted by Gasteiger charge is 2.23. The van der Waals surface area contributed by atoms with Gasteiger partial charge in [0.15, 0.2) is 5.82 Å². The van der Waals surface area contributed by atoms with E-state index in [0.29, 0.717) is 61.5 Å². The number of aromatic nitrogens is 2. The van der Waals surface area contributed by atoms with E-state index in [1.165, 1.54) is 6.07 Å². The second-order valence-electron chi connectivity index (χ2n) is 7.43. The largest absolute Gasteiger partial charge is 0.497 e. The van der Waals surface area contributed by atoms with Gasteiger partial charge in [-0.05, 0) is 24.3 Å². The summed E-state index contributed by atoms with van der Waals surface area (Å²) in [6.07, 6.45) is 0. The maximum absolute atomic E-state index is 13.8. The van der Waals surface area contributed by atoms with Crippen molar-refractivity contribution in [3.05, 3.63) is 53.9 Å². The van der Waals surface area contributed by atoms with Gasteiger partial charge in [0.25, 0.3) is 5.89 Å². The second-order valence-corrected chi connectivity index (χ2v) is 7.43. The SMILES string of the molecule is COc1cc(OC)cc(-c2nc(CN3CCN(C(=O)Nc4ccc(F)cc4F)CC3)no2)c1. The van der Waals surface area contributed by atoms with Crippen molar-refractivity contribution in [2.45, 2.75) is 6.54 Å². The molecule has 2 heterocycles. The number of rotatable bonds is 6. The number of ether oxygens (including phenoxy) is 2. The molecule has 11 heteroatoms. The summed E-state index contributed by atoms with van der Waals surface area (Å²) >= 11 is 0. The molecule has 1 aliphatic rings. The van der Waals surface area contributed by atoms with Crippen LogP contribution < -0.4 is 14.8 Å². The fourth-order valence-electron chi connectivity index (χ4n) is 3.46. The van der Waals surface area contributed by atoms with E-state index in [9.17, 15) is 13.6 Å². The van der Waals surface area contributed by atoms with E-state index in [-0.39, 0.29) is 5.69 Å². The van der Waals surface area contributed by atoms with Gasteiger partial charge in [-0.1, -0.05) is 5.16 Å². The predicted octanol–water partition coefficient (Wildman–Crippen LogP) is 3.38. The fourth-order valence-corrected chi connectivity index (χ4v) is 3.46. The van der Waals surface area contributed by atoms with Crippen LogP contribution in [0.5, 0.6) is 11.5 Å². The number of amides is 2. The maximum Gasteiger partial charge on any atom is 0.322 e. The van der Waals surface area contributed by atoms with Crippen LogP contribution in [0.15, 0.2) is 40.9 Å². The Labute approximate surface area is 188 Å². The van der Waals surface area contributed by atoms with Crippen LogP contribution in [0.2, 0.25) is 0 Å². The molecule has 174 valence electrons. The topological polar surface area (TPSA) is 93.0 Å². The number of piperazine rings is 1. The summed E-state index contributed by atoms with van der Waals surface area (Å²) in [5.74, 6) is 0.565. The minimum atomic E-state index is -0.816. The molecular formula is C22H23F2N5O4. The molecule has 1 aliphatic heterocycles. The maximum atomic E-state index is 13.8. The first-order chi connectivity index (χ1) is 15.9. The van der Waals surface area contributed by atoms with Gasteiger partial charge in [0.2, 0.25) is 0 Å². The monoisotopic (exact) mass is 459 g/mol. The average molecular weight is 459 g/mol. The average Bonchev–Trinajstić information content (AvgIpc) is 3.29. The normalized spacial score (nSPS) is 14.2. The van der Waals surface area contributed by atoms with Crippen molar-refractivity contribution in [3.8, 4) is 23.0 Å². The molecule has 3 aromatic rings. The molecule has 1 aromatic heterocycles. The van der Waals surface area contributed by atoms with Crippen molar-refractivity contribution in [2.24, 2.45) is 0 Å². The summed E-state index contributed by atoms with van der Waals surface area (Å²) in [6, 6.07) is 7.90. The van der Waals surface area contributed by atoms with E-state index in [0.717, 1.165) is 12.1 Å². The van der Waals surface area contributed by atoms with E-state index in [2.05, 4.69) is 20.4 Å². The number of benzene rings is 2. The molecule has 2 amide bonds. The number of anilines is 1. The zero-order chi connectivity index (χ0) is 23.4. The lowest BCUT2D eigenvalue weighted by atomic mass is 10.2. The van der Waals surface area contributed by atoms with E-state index in [4.69, 9.17) is 14.0 Å². The number of hydrogen-bond acceptors (Lipinski definition) is 7. The number of carbonyl (C=O) groups excluding carboxylic acids is 1. The van der Waals surface area contributed by atoms with Crippen LogP contribution in [0.25, 0.3) is 11.5 Å². The molecule has 9 nitrogen and oxygen atoms in total. The summed E-state index contributed by atoms with van der Waals surface area (Å²) in [5.41, 5.74) is 0.622. The van der Waals surface area contributed by atoms with Gasteiger partial charge in [-0.2, -0.15) is 4.98 Å². The summed E-state index contributed by atoms with van der Waals surface area (Å²) in [4.78, 5) is 20.5. The molecule has 0 spiro atoms. The Morgan fingerprint density at radius 2 is 1.76 bits per heavy atom. The van der Waals surface area contributed by atoms with Crippen molar-refractivity contribution in [1.29, 1.82) is 0 Å². The molecule has 33 heavy (non-hydrogen) atoms. The van der Waals surface area contributed by atoms with Crippen LogP contribution in [0.3, 0.4) is 0 Å². The number of nitrogens with one attached hydrogen (secondary N) is 1. The Hall–Kier alpha value is -3.73. The number of hydrogen-bond donors (Lipinski definition) is 1. The highest BCUT2D eigenvalue weighted by Crippen LogP contribution is 2.29. The molecule has 0 radical (unpaired) electrons. The van der Waals surface area contributed by atoms with Gasteiger partial charge in [0.05, 0.1) is 26.5 Å². The quantitative estimate of drug-likeness (QED) is 0.604. The Balaban J connectivity index is 1.32. The Morgan fingerprint density at radius 1 is 1.06 bits per heavy atom. The third-order valence-corrected chi connectivity index (χ3v) is 5.26. The highest BCUT2D eigenvalue weighted by molar-refractivity contribution is 5.89. The number of nitrogens with zero attached hydrogens (tertiary/aromatic N) is 4. The van der Waals surface area contributed by atoms with Gasteiger partial charge in [0.1, 0.15) is 23.1 Å². The Morgan fingerprint density at radius 3 is 2.39 bits per heavy atom. The molecule has 1 N–H and O–H groups in total. The molecule has 0 atom stereocenters. The van der Waals surface area contributed by atoms with Crippen LogP contribution in [0.1, 0.15) is 5.82 Å². The minimum Gasteiger partial charge on any atom is -0.497 e. The number of halogens is 2. The van der Waals surface area contributed by atoms with Gasteiger partial charge in [0, 0.05) is 43.9 Å². The van der Waals surface area contributed by atoms with E-state index >= 15 is 0 Å². The standard InChI is InChI=1S/C22H23F2N5O4/c1-31-16-9-14(10-17(12-16)32-2)21-26-20(27-33-21)13-28-5-7-29(8-6-28)22(30)25-19-4-3-15(23)11-18(19)24/h3-4,9-12H,5-8,13H2,1-2H3,(H,25,30). The predicted molar refractivity (Wildman–Crippen MR) is 115 cm³/mol. The van der Waals surface area contributed by atoms with Crippen LogP contribution in [0.4, 0.5) is 19.3 Å². The van der Waals surface area contributed by atoms with Crippen LogP contribution in [-0.2, 0) is 6.54 Å². The molecular weight excluding hydrogens is 436 g/mol. The van der Waals surface area contributed by atoms with Gasteiger partial charge in [-0.15, -0.1) is 0 Å². The molecule has 0 unspecified atom stereocenters. The van der Waals surface area contributed by atoms with Crippen LogP contribution >= 0.6 is 0 Å². The first kappa shape index (κ1) is 22.5. The van der Waals surface area contributed by atoms with Gasteiger partial charge < -0.3 is 24.2 Å². The first-order valence-corrected chi connectivity index (χ1v) is 10.2. The minimum absolute atomic E-state index is 0.0580. The van der Waals surface area contributed by atoms with Crippen molar-refractivity contribution >= 4 is 11.7 Å². The van der Waals surface area contributed by atoms with Crippen molar-refractivity contribution in [3.63, 3.8) is 0 Å². The van der Waals surface area contributed by atoms with Crippen molar-refractivity contribution in [1.82, 2.24) is 19.9 Å². The lowest BCUT2D eigenvalue weighted by Gasteiger charge is -2.34. The van der Waals surface area contributed by atoms with E-state index in [1.807, 2.05) is 0 Å².